The van der Waals surface area contributed by atoms with Crippen molar-refractivity contribution in [2.45, 2.75) is 12.9 Å². The summed E-state index contributed by atoms with van der Waals surface area (Å²) in [6.07, 6.45) is -5.07. The number of carboxylic acid groups (broad SMARTS) is 1. The maximum absolute atomic E-state index is 12.2. The van der Waals surface area contributed by atoms with Crippen LogP contribution < -0.4 is 10.5 Å². The van der Waals surface area contributed by atoms with Crippen LogP contribution in [0.4, 0.5) is 13.2 Å². The van der Waals surface area contributed by atoms with E-state index in [0.29, 0.717) is 0 Å². The van der Waals surface area contributed by atoms with Crippen LogP contribution in [-0.4, -0.2) is 17.4 Å². The van der Waals surface area contributed by atoms with Crippen LogP contribution in [0, 0.1) is 11.3 Å². The minimum Gasteiger partial charge on any atom is -0.478 e. The molecular formula is C10H7F3N2O3. The summed E-state index contributed by atoms with van der Waals surface area (Å²) in [5.41, 5.74) is 3.78. The van der Waals surface area contributed by atoms with Crippen molar-refractivity contribution in [1.82, 2.24) is 0 Å². The molecule has 1 aromatic carbocycles. The number of benzene rings is 1. The first-order valence-electron chi connectivity index (χ1n) is 4.55. The summed E-state index contributed by atoms with van der Waals surface area (Å²) in [7, 11) is 0. The van der Waals surface area contributed by atoms with Gasteiger partial charge in [-0.1, -0.05) is 6.07 Å². The molecule has 1 aromatic rings. The summed E-state index contributed by atoms with van der Waals surface area (Å²) in [4.78, 5) is 10.9. The third-order valence-corrected chi connectivity index (χ3v) is 2.01. The number of nitrogens with two attached hydrogens (primary N) is 1. The number of carbonyl (C=O) groups is 1. The summed E-state index contributed by atoms with van der Waals surface area (Å²) in [6.45, 7) is -0.350. The van der Waals surface area contributed by atoms with Gasteiger partial charge < -0.3 is 15.6 Å². The number of halogens is 3. The van der Waals surface area contributed by atoms with Gasteiger partial charge in [0.25, 0.3) is 0 Å². The molecule has 0 unspecified atom stereocenters. The molecule has 8 heteroatoms. The van der Waals surface area contributed by atoms with E-state index in [1.165, 1.54) is 6.07 Å². The Kier molecular flexibility index (Phi) is 3.78. The smallest absolute Gasteiger partial charge is 0.478 e. The van der Waals surface area contributed by atoms with Crippen LogP contribution in [-0.2, 0) is 6.54 Å². The molecular weight excluding hydrogens is 253 g/mol. The van der Waals surface area contributed by atoms with Gasteiger partial charge in [-0.05, 0) is 6.07 Å². The highest BCUT2D eigenvalue weighted by atomic mass is 19.4. The van der Waals surface area contributed by atoms with Gasteiger partial charge in [-0.2, -0.15) is 5.26 Å². The summed E-state index contributed by atoms with van der Waals surface area (Å²) in [6, 6.07) is 3.68. The second-order valence-electron chi connectivity index (χ2n) is 3.15. The highest BCUT2D eigenvalue weighted by molar-refractivity contribution is 5.94. The van der Waals surface area contributed by atoms with Gasteiger partial charge in [0.1, 0.15) is 17.4 Å². The highest BCUT2D eigenvalue weighted by Crippen LogP contribution is 2.32. The van der Waals surface area contributed by atoms with E-state index >= 15 is 0 Å². The van der Waals surface area contributed by atoms with E-state index < -0.39 is 29.2 Å². The van der Waals surface area contributed by atoms with Gasteiger partial charge in [0.15, 0.2) is 0 Å². The van der Waals surface area contributed by atoms with Crippen LogP contribution in [0.25, 0.3) is 0 Å². The maximum atomic E-state index is 12.2. The van der Waals surface area contributed by atoms with Crippen LogP contribution in [0.2, 0.25) is 0 Å². The number of aromatic carboxylic acids is 1. The first-order valence-corrected chi connectivity index (χ1v) is 4.55. The Bertz CT molecular complexity index is 520. The molecule has 0 amide bonds. The van der Waals surface area contributed by atoms with Crippen molar-refractivity contribution in [2.75, 3.05) is 0 Å². The van der Waals surface area contributed by atoms with Crippen LogP contribution in [0.5, 0.6) is 5.75 Å². The lowest BCUT2D eigenvalue weighted by molar-refractivity contribution is -0.275. The zero-order chi connectivity index (χ0) is 13.9. The Balaban J connectivity index is 3.52. The van der Waals surface area contributed by atoms with Crippen molar-refractivity contribution in [3.05, 3.63) is 28.8 Å². The Morgan fingerprint density at radius 1 is 1.50 bits per heavy atom. The van der Waals surface area contributed by atoms with Gasteiger partial charge >= 0.3 is 12.3 Å². The SMILES string of the molecule is N#Cc1ccc(CN)c(OC(F)(F)F)c1C(=O)O. The lowest BCUT2D eigenvalue weighted by atomic mass is 10.0. The summed E-state index contributed by atoms with van der Waals surface area (Å²) in [5.74, 6) is -2.64. The Hall–Kier alpha value is -2.27. The Morgan fingerprint density at radius 2 is 2.11 bits per heavy atom. The van der Waals surface area contributed by atoms with E-state index in [2.05, 4.69) is 4.74 Å². The number of nitriles is 1. The average molecular weight is 260 g/mol. The van der Waals surface area contributed by atoms with Crippen LogP contribution >= 0.6 is 0 Å². The van der Waals surface area contributed by atoms with Crippen LogP contribution in [0.15, 0.2) is 12.1 Å². The topological polar surface area (TPSA) is 96.3 Å². The molecule has 0 aliphatic heterocycles. The third-order valence-electron chi connectivity index (χ3n) is 2.01. The molecule has 0 radical (unpaired) electrons. The van der Waals surface area contributed by atoms with Gasteiger partial charge in [0.05, 0.1) is 5.56 Å². The number of alkyl halides is 3. The van der Waals surface area contributed by atoms with Crippen molar-refractivity contribution in [3.63, 3.8) is 0 Å². The number of nitrogens with zero attached hydrogens (tertiary/aromatic N) is 1. The monoisotopic (exact) mass is 260 g/mol. The third kappa shape index (κ3) is 2.89. The zero-order valence-corrected chi connectivity index (χ0v) is 8.78. The molecule has 0 aliphatic carbocycles. The lowest BCUT2D eigenvalue weighted by Crippen LogP contribution is -2.21. The summed E-state index contributed by atoms with van der Waals surface area (Å²) in [5, 5.41) is 17.5. The predicted molar refractivity (Wildman–Crippen MR) is 52.7 cm³/mol. The Morgan fingerprint density at radius 3 is 2.50 bits per heavy atom. The van der Waals surface area contributed by atoms with Crippen molar-refractivity contribution >= 4 is 5.97 Å². The van der Waals surface area contributed by atoms with E-state index in [-0.39, 0.29) is 12.1 Å². The second kappa shape index (κ2) is 4.93. The number of carboxylic acids is 1. The van der Waals surface area contributed by atoms with E-state index in [1.54, 1.807) is 0 Å². The quantitative estimate of drug-likeness (QED) is 0.860. The van der Waals surface area contributed by atoms with Crippen LogP contribution in [0.1, 0.15) is 21.5 Å². The molecule has 0 aromatic heterocycles. The summed E-state index contributed by atoms with van der Waals surface area (Å²) < 4.78 is 40.2. The van der Waals surface area contributed by atoms with Gasteiger partial charge in [0, 0.05) is 12.1 Å². The number of ether oxygens (including phenoxy) is 1. The van der Waals surface area contributed by atoms with Crippen molar-refractivity contribution < 1.29 is 27.8 Å². The molecule has 3 N–H and O–H groups in total. The number of hydrogen-bond donors (Lipinski definition) is 2. The molecule has 5 nitrogen and oxygen atoms in total. The normalized spacial score (nSPS) is 10.8. The van der Waals surface area contributed by atoms with Gasteiger partial charge in [-0.15, -0.1) is 13.2 Å². The average Bonchev–Trinajstić information content (AvgIpc) is 2.25. The molecule has 0 aliphatic rings. The van der Waals surface area contributed by atoms with Crippen molar-refractivity contribution in [3.8, 4) is 11.8 Å². The lowest BCUT2D eigenvalue weighted by Gasteiger charge is -2.15. The molecule has 0 bridgehead atoms. The minimum atomic E-state index is -5.07. The fourth-order valence-corrected chi connectivity index (χ4v) is 1.32. The van der Waals surface area contributed by atoms with Gasteiger partial charge in [-0.3, -0.25) is 0 Å². The van der Waals surface area contributed by atoms with E-state index in [1.807, 2.05) is 0 Å². The minimum absolute atomic E-state index is 0.149. The second-order valence-corrected chi connectivity index (χ2v) is 3.15. The largest absolute Gasteiger partial charge is 0.573 e. The van der Waals surface area contributed by atoms with E-state index in [9.17, 15) is 18.0 Å². The van der Waals surface area contributed by atoms with Gasteiger partial charge in [0.2, 0.25) is 0 Å². The van der Waals surface area contributed by atoms with E-state index in [0.717, 1.165) is 12.1 Å². The molecule has 96 valence electrons. The molecule has 0 atom stereocenters. The van der Waals surface area contributed by atoms with Crippen LogP contribution in [0.3, 0.4) is 0 Å². The maximum Gasteiger partial charge on any atom is 0.573 e. The molecule has 0 spiro atoms. The molecule has 0 saturated heterocycles. The standard InChI is InChI=1S/C10H7F3N2O3/c11-10(12,13)18-8-6(4-15)2-1-5(3-14)7(8)9(16)17/h1-2H,4,15H2,(H,16,17). The fraction of sp³-hybridized carbons (Fsp3) is 0.200. The molecule has 0 saturated carbocycles. The predicted octanol–water partition coefficient (Wildman–Crippen LogP) is 1.61. The molecule has 0 heterocycles. The first kappa shape index (κ1) is 13.8. The summed E-state index contributed by atoms with van der Waals surface area (Å²) >= 11 is 0. The zero-order valence-electron chi connectivity index (χ0n) is 8.78. The Labute approximate surface area is 99.2 Å². The number of rotatable bonds is 3. The number of hydrogen-bond acceptors (Lipinski definition) is 4. The van der Waals surface area contributed by atoms with E-state index in [4.69, 9.17) is 16.1 Å². The molecule has 18 heavy (non-hydrogen) atoms. The fourth-order valence-electron chi connectivity index (χ4n) is 1.32. The molecule has 0 fully saturated rings. The molecule has 1 rings (SSSR count). The van der Waals surface area contributed by atoms with Crippen molar-refractivity contribution in [1.29, 1.82) is 5.26 Å². The van der Waals surface area contributed by atoms with Gasteiger partial charge in [-0.25, -0.2) is 4.79 Å². The first-order chi connectivity index (χ1) is 8.30. The highest BCUT2D eigenvalue weighted by Gasteiger charge is 2.35. The van der Waals surface area contributed by atoms with Crippen molar-refractivity contribution in [2.24, 2.45) is 5.73 Å².